The molecule has 0 saturated carbocycles. The highest BCUT2D eigenvalue weighted by Crippen LogP contribution is 2.23. The molecular formula is C14H23N3O4. The predicted molar refractivity (Wildman–Crippen MR) is 76.9 cm³/mol. The minimum absolute atomic E-state index is 0.223. The first-order valence-corrected chi connectivity index (χ1v) is 6.93. The average molecular weight is 297 g/mol. The number of aryl methyl sites for hydroxylation is 1. The lowest BCUT2D eigenvalue weighted by atomic mass is 10.1. The van der Waals surface area contributed by atoms with Gasteiger partial charge in [0.15, 0.2) is 6.04 Å². The lowest BCUT2D eigenvalue weighted by Crippen LogP contribution is -2.42. The lowest BCUT2D eigenvalue weighted by molar-refractivity contribution is -0.143. The van der Waals surface area contributed by atoms with Gasteiger partial charge < -0.3 is 14.4 Å². The lowest BCUT2D eigenvalue weighted by Gasteiger charge is -2.30. The molecule has 21 heavy (non-hydrogen) atoms. The first-order valence-electron chi connectivity index (χ1n) is 6.93. The largest absolute Gasteiger partial charge is 0.479 e. The Morgan fingerprint density at radius 3 is 2.48 bits per heavy atom. The van der Waals surface area contributed by atoms with Gasteiger partial charge >= 0.3 is 12.1 Å². The van der Waals surface area contributed by atoms with Gasteiger partial charge in [0, 0.05) is 13.1 Å². The third kappa shape index (κ3) is 4.21. The highest BCUT2D eigenvalue weighted by molar-refractivity contribution is 5.81. The summed E-state index contributed by atoms with van der Waals surface area (Å²) < 4.78 is 6.99. The molecule has 0 spiro atoms. The van der Waals surface area contributed by atoms with Crippen molar-refractivity contribution < 1.29 is 19.4 Å². The molecule has 0 aliphatic carbocycles. The Bertz CT molecular complexity index is 505. The normalized spacial score (nSPS) is 12.8. The van der Waals surface area contributed by atoms with E-state index in [9.17, 15) is 14.7 Å². The standard InChI is InChI=1S/C14H23N3O4/c1-6-16-9-15-8-10(16)11(12(18)19)17(7-2)13(20)21-14(3,4)5/h8-9,11H,6-7H2,1-5H3,(H,18,19). The molecule has 1 aromatic heterocycles. The Morgan fingerprint density at radius 1 is 1.43 bits per heavy atom. The number of aromatic nitrogens is 2. The summed E-state index contributed by atoms with van der Waals surface area (Å²) in [6, 6.07) is -1.12. The summed E-state index contributed by atoms with van der Waals surface area (Å²) >= 11 is 0. The SMILES string of the molecule is CCN(C(=O)OC(C)(C)C)C(C(=O)O)c1cncn1CC. The van der Waals surface area contributed by atoms with Crippen LogP contribution in [0.1, 0.15) is 46.4 Å². The van der Waals surface area contributed by atoms with Gasteiger partial charge in [0.2, 0.25) is 0 Å². The highest BCUT2D eigenvalue weighted by Gasteiger charge is 2.35. The number of hydrogen-bond acceptors (Lipinski definition) is 4. The Labute approximate surface area is 124 Å². The maximum absolute atomic E-state index is 12.2. The number of carboxylic acid groups (broad SMARTS) is 1. The second kappa shape index (κ2) is 6.60. The number of imidazole rings is 1. The van der Waals surface area contributed by atoms with E-state index < -0.39 is 23.7 Å². The van der Waals surface area contributed by atoms with Gasteiger partial charge in [-0.3, -0.25) is 4.90 Å². The van der Waals surface area contributed by atoms with Crippen LogP contribution in [0.4, 0.5) is 4.79 Å². The van der Waals surface area contributed by atoms with Crippen LogP contribution in [-0.4, -0.2) is 43.8 Å². The minimum Gasteiger partial charge on any atom is -0.479 e. The van der Waals surface area contributed by atoms with E-state index in [-0.39, 0.29) is 6.54 Å². The van der Waals surface area contributed by atoms with E-state index in [1.54, 1.807) is 38.6 Å². The van der Waals surface area contributed by atoms with Crippen molar-refractivity contribution >= 4 is 12.1 Å². The van der Waals surface area contributed by atoms with Crippen molar-refractivity contribution in [2.75, 3.05) is 6.54 Å². The molecule has 1 heterocycles. The molecule has 0 aromatic carbocycles. The molecule has 7 nitrogen and oxygen atoms in total. The molecule has 1 aromatic rings. The van der Waals surface area contributed by atoms with Gasteiger partial charge in [-0.05, 0) is 34.6 Å². The van der Waals surface area contributed by atoms with Crippen LogP contribution < -0.4 is 0 Å². The summed E-state index contributed by atoms with van der Waals surface area (Å²) in [5.41, 5.74) is -0.226. The second-order valence-corrected chi connectivity index (χ2v) is 5.61. The van der Waals surface area contributed by atoms with Crippen LogP contribution in [0.25, 0.3) is 0 Å². The van der Waals surface area contributed by atoms with E-state index in [0.717, 1.165) is 0 Å². The van der Waals surface area contributed by atoms with Crippen molar-refractivity contribution in [2.45, 2.75) is 52.8 Å². The molecule has 1 unspecified atom stereocenters. The molecule has 1 rings (SSSR count). The Kier molecular flexibility index (Phi) is 5.34. The number of hydrogen-bond donors (Lipinski definition) is 1. The van der Waals surface area contributed by atoms with E-state index in [4.69, 9.17) is 4.74 Å². The van der Waals surface area contributed by atoms with Crippen LogP contribution in [0, 0.1) is 0 Å². The summed E-state index contributed by atoms with van der Waals surface area (Å²) in [7, 11) is 0. The van der Waals surface area contributed by atoms with Crippen molar-refractivity contribution in [1.82, 2.24) is 14.5 Å². The summed E-state index contributed by atoms with van der Waals surface area (Å²) in [4.78, 5) is 29.0. The van der Waals surface area contributed by atoms with Crippen LogP contribution in [-0.2, 0) is 16.1 Å². The van der Waals surface area contributed by atoms with E-state index in [2.05, 4.69) is 4.98 Å². The van der Waals surface area contributed by atoms with Crippen molar-refractivity contribution in [3.63, 3.8) is 0 Å². The molecule has 0 aliphatic heterocycles. The molecule has 0 bridgehead atoms. The van der Waals surface area contributed by atoms with Gasteiger partial charge in [-0.2, -0.15) is 0 Å². The zero-order chi connectivity index (χ0) is 16.2. The fraction of sp³-hybridized carbons (Fsp3) is 0.643. The molecule has 1 atom stereocenters. The van der Waals surface area contributed by atoms with Gasteiger partial charge in [0.1, 0.15) is 5.60 Å². The molecular weight excluding hydrogens is 274 g/mol. The van der Waals surface area contributed by atoms with Crippen molar-refractivity contribution in [3.05, 3.63) is 18.2 Å². The maximum Gasteiger partial charge on any atom is 0.411 e. The number of carboxylic acids is 1. The summed E-state index contributed by atoms with van der Waals surface area (Å²) in [6.07, 6.45) is 2.37. The Hall–Kier alpha value is -2.05. The number of amides is 1. The fourth-order valence-corrected chi connectivity index (χ4v) is 1.98. The average Bonchev–Trinajstić information content (AvgIpc) is 2.80. The summed E-state index contributed by atoms with van der Waals surface area (Å²) in [5, 5.41) is 9.52. The zero-order valence-corrected chi connectivity index (χ0v) is 13.2. The molecule has 118 valence electrons. The molecule has 7 heteroatoms. The monoisotopic (exact) mass is 297 g/mol. The quantitative estimate of drug-likeness (QED) is 0.901. The Morgan fingerprint density at radius 2 is 2.05 bits per heavy atom. The number of carbonyl (C=O) groups excluding carboxylic acids is 1. The molecule has 0 saturated heterocycles. The summed E-state index contributed by atoms with van der Waals surface area (Å²) in [5.74, 6) is -1.11. The van der Waals surface area contributed by atoms with Gasteiger partial charge in [0.25, 0.3) is 0 Å². The first kappa shape index (κ1) is 17.0. The topological polar surface area (TPSA) is 84.7 Å². The van der Waals surface area contributed by atoms with Crippen LogP contribution in [0.2, 0.25) is 0 Å². The van der Waals surface area contributed by atoms with E-state index >= 15 is 0 Å². The number of ether oxygens (including phenoxy) is 1. The number of likely N-dealkylation sites (N-methyl/N-ethyl adjacent to an activating group) is 1. The third-order valence-corrected chi connectivity index (χ3v) is 2.88. The van der Waals surface area contributed by atoms with Gasteiger partial charge in [-0.25, -0.2) is 14.6 Å². The number of rotatable bonds is 5. The van der Waals surface area contributed by atoms with Crippen LogP contribution in [0.5, 0.6) is 0 Å². The zero-order valence-electron chi connectivity index (χ0n) is 13.2. The minimum atomic E-state index is -1.12. The van der Waals surface area contributed by atoms with Crippen molar-refractivity contribution in [1.29, 1.82) is 0 Å². The summed E-state index contributed by atoms with van der Waals surface area (Å²) in [6.45, 7) is 9.62. The number of aliphatic carboxylic acids is 1. The van der Waals surface area contributed by atoms with Gasteiger partial charge in [-0.1, -0.05) is 0 Å². The molecule has 0 aliphatic rings. The highest BCUT2D eigenvalue weighted by atomic mass is 16.6. The smallest absolute Gasteiger partial charge is 0.411 e. The number of carbonyl (C=O) groups is 2. The second-order valence-electron chi connectivity index (χ2n) is 5.61. The van der Waals surface area contributed by atoms with E-state index in [1.165, 1.54) is 11.1 Å². The Balaban J connectivity index is 3.13. The molecule has 1 amide bonds. The van der Waals surface area contributed by atoms with E-state index in [1.807, 2.05) is 6.92 Å². The van der Waals surface area contributed by atoms with E-state index in [0.29, 0.717) is 12.2 Å². The van der Waals surface area contributed by atoms with Crippen LogP contribution >= 0.6 is 0 Å². The number of nitrogens with zero attached hydrogens (tertiary/aromatic N) is 3. The molecule has 0 radical (unpaired) electrons. The van der Waals surface area contributed by atoms with Gasteiger partial charge in [-0.15, -0.1) is 0 Å². The third-order valence-electron chi connectivity index (χ3n) is 2.88. The van der Waals surface area contributed by atoms with Crippen molar-refractivity contribution in [2.24, 2.45) is 0 Å². The van der Waals surface area contributed by atoms with Crippen molar-refractivity contribution in [3.8, 4) is 0 Å². The molecule has 0 fully saturated rings. The van der Waals surface area contributed by atoms with Crippen LogP contribution in [0.15, 0.2) is 12.5 Å². The molecule has 1 N–H and O–H groups in total. The predicted octanol–water partition coefficient (Wildman–Crippen LogP) is 2.29. The maximum atomic E-state index is 12.2. The fourth-order valence-electron chi connectivity index (χ4n) is 1.98. The van der Waals surface area contributed by atoms with Crippen LogP contribution in [0.3, 0.4) is 0 Å². The first-order chi connectivity index (χ1) is 9.71. The van der Waals surface area contributed by atoms with Gasteiger partial charge in [0.05, 0.1) is 18.2 Å².